The molecule has 2 rings (SSSR count). The summed E-state index contributed by atoms with van der Waals surface area (Å²) in [5.41, 5.74) is 0.483. The Kier molecular flexibility index (Phi) is 4.87. The molecule has 1 N–H and O–H groups in total. The van der Waals surface area contributed by atoms with Crippen LogP contribution in [0.2, 0.25) is 0 Å². The largest absolute Gasteiger partial charge is 0.495 e. The molecule has 0 bridgehead atoms. The third kappa shape index (κ3) is 3.20. The summed E-state index contributed by atoms with van der Waals surface area (Å²) in [6.07, 6.45) is 0.457. The Balaban J connectivity index is 2.37. The standard InChI is InChI=1S/C14H17NO4S2/c1-15(12-5-3-4-6-13(12)19-2)21(17,18)14-8-7-11(20-14)9-10-16/h3-8,16H,9-10H2,1-2H3. The topological polar surface area (TPSA) is 66.8 Å². The Morgan fingerprint density at radius 2 is 1.95 bits per heavy atom. The van der Waals surface area contributed by atoms with Gasteiger partial charge in [0.2, 0.25) is 0 Å². The van der Waals surface area contributed by atoms with Gasteiger partial charge in [-0.05, 0) is 24.3 Å². The molecule has 0 fully saturated rings. The number of rotatable bonds is 6. The summed E-state index contributed by atoms with van der Waals surface area (Å²) in [6, 6.07) is 10.2. The summed E-state index contributed by atoms with van der Waals surface area (Å²) in [6.45, 7) is 0.00233. The van der Waals surface area contributed by atoms with Crippen LogP contribution in [0, 0.1) is 0 Å². The Labute approximate surface area is 128 Å². The Hall–Kier alpha value is -1.57. The van der Waals surface area contributed by atoms with E-state index in [1.54, 1.807) is 36.4 Å². The molecule has 7 heteroatoms. The van der Waals surface area contributed by atoms with Crippen molar-refractivity contribution in [3.63, 3.8) is 0 Å². The number of benzene rings is 1. The molecular weight excluding hydrogens is 310 g/mol. The van der Waals surface area contributed by atoms with E-state index in [2.05, 4.69) is 0 Å². The fraction of sp³-hybridized carbons (Fsp3) is 0.286. The maximum atomic E-state index is 12.6. The number of thiophene rings is 1. The Morgan fingerprint density at radius 3 is 2.62 bits per heavy atom. The quantitative estimate of drug-likeness (QED) is 0.882. The van der Waals surface area contributed by atoms with Gasteiger partial charge in [0.25, 0.3) is 10.0 Å². The molecular formula is C14H17NO4S2. The SMILES string of the molecule is COc1ccccc1N(C)S(=O)(=O)c1ccc(CCO)s1. The highest BCUT2D eigenvalue weighted by Gasteiger charge is 2.25. The van der Waals surface area contributed by atoms with E-state index >= 15 is 0 Å². The highest BCUT2D eigenvalue weighted by atomic mass is 32.2. The van der Waals surface area contributed by atoms with Crippen LogP contribution in [0.5, 0.6) is 5.75 Å². The number of aliphatic hydroxyl groups excluding tert-OH is 1. The molecule has 0 amide bonds. The van der Waals surface area contributed by atoms with E-state index in [4.69, 9.17) is 9.84 Å². The van der Waals surface area contributed by atoms with Crippen molar-refractivity contribution in [2.24, 2.45) is 0 Å². The molecule has 1 aromatic carbocycles. The molecule has 0 aliphatic rings. The zero-order chi connectivity index (χ0) is 15.5. The fourth-order valence-electron chi connectivity index (χ4n) is 1.90. The third-order valence-corrected chi connectivity index (χ3v) is 6.42. The Morgan fingerprint density at radius 1 is 1.24 bits per heavy atom. The van der Waals surface area contributed by atoms with Crippen LogP contribution >= 0.6 is 11.3 Å². The molecule has 2 aromatic rings. The van der Waals surface area contributed by atoms with Crippen molar-refractivity contribution in [2.45, 2.75) is 10.6 Å². The van der Waals surface area contributed by atoms with E-state index in [0.717, 1.165) is 4.88 Å². The number of hydrogen-bond donors (Lipinski definition) is 1. The zero-order valence-electron chi connectivity index (χ0n) is 11.8. The van der Waals surface area contributed by atoms with Crippen LogP contribution in [-0.4, -0.2) is 34.3 Å². The number of para-hydroxylation sites is 2. The minimum atomic E-state index is -3.63. The molecule has 0 aliphatic heterocycles. The van der Waals surface area contributed by atoms with Crippen molar-refractivity contribution in [1.82, 2.24) is 0 Å². The van der Waals surface area contributed by atoms with E-state index < -0.39 is 10.0 Å². The summed E-state index contributed by atoms with van der Waals surface area (Å²) >= 11 is 1.17. The third-order valence-electron chi connectivity index (χ3n) is 3.03. The number of hydrogen-bond acceptors (Lipinski definition) is 5. The molecule has 21 heavy (non-hydrogen) atoms. The second-order valence-electron chi connectivity index (χ2n) is 4.34. The van der Waals surface area contributed by atoms with Gasteiger partial charge in [0.1, 0.15) is 9.96 Å². The number of methoxy groups -OCH3 is 1. The molecule has 0 aliphatic carbocycles. The molecule has 0 unspecified atom stereocenters. The highest BCUT2D eigenvalue weighted by molar-refractivity contribution is 7.94. The molecule has 0 radical (unpaired) electrons. The van der Waals surface area contributed by atoms with Crippen LogP contribution in [-0.2, 0) is 16.4 Å². The smallest absolute Gasteiger partial charge is 0.273 e. The number of ether oxygens (including phenoxy) is 1. The summed E-state index contributed by atoms with van der Waals surface area (Å²) in [5, 5.41) is 8.92. The van der Waals surface area contributed by atoms with Crippen molar-refractivity contribution >= 4 is 27.0 Å². The van der Waals surface area contributed by atoms with E-state index in [0.29, 0.717) is 17.9 Å². The van der Waals surface area contributed by atoms with E-state index in [-0.39, 0.29) is 10.8 Å². The van der Waals surface area contributed by atoms with Crippen molar-refractivity contribution in [3.8, 4) is 5.75 Å². The number of nitrogens with zero attached hydrogens (tertiary/aromatic N) is 1. The summed E-state index contributed by atoms with van der Waals surface area (Å²) in [7, 11) is -0.629. The van der Waals surface area contributed by atoms with Crippen molar-refractivity contribution in [1.29, 1.82) is 0 Å². The lowest BCUT2D eigenvalue weighted by molar-refractivity contribution is 0.300. The summed E-state index contributed by atoms with van der Waals surface area (Å²) in [5.74, 6) is 0.496. The highest BCUT2D eigenvalue weighted by Crippen LogP contribution is 2.33. The van der Waals surface area contributed by atoms with Gasteiger partial charge in [-0.15, -0.1) is 11.3 Å². The zero-order valence-corrected chi connectivity index (χ0v) is 13.4. The lowest BCUT2D eigenvalue weighted by Crippen LogP contribution is -2.26. The first-order valence-corrected chi connectivity index (χ1v) is 8.58. The van der Waals surface area contributed by atoms with Crippen LogP contribution in [0.4, 0.5) is 5.69 Å². The Bertz CT molecular complexity index is 709. The van der Waals surface area contributed by atoms with Gasteiger partial charge in [-0.1, -0.05) is 12.1 Å². The predicted molar refractivity (Wildman–Crippen MR) is 83.7 cm³/mol. The van der Waals surface area contributed by atoms with Crippen molar-refractivity contribution < 1.29 is 18.3 Å². The monoisotopic (exact) mass is 327 g/mol. The van der Waals surface area contributed by atoms with Gasteiger partial charge in [0.15, 0.2) is 0 Å². The van der Waals surface area contributed by atoms with Gasteiger partial charge in [-0.3, -0.25) is 4.31 Å². The van der Waals surface area contributed by atoms with Gasteiger partial charge in [-0.25, -0.2) is 8.42 Å². The number of sulfonamides is 1. The fourth-order valence-corrected chi connectivity index (χ4v) is 4.62. The lowest BCUT2D eigenvalue weighted by atomic mass is 10.3. The number of anilines is 1. The normalized spacial score (nSPS) is 11.4. The molecule has 114 valence electrons. The molecule has 1 heterocycles. The van der Waals surface area contributed by atoms with E-state index in [1.807, 2.05) is 0 Å². The molecule has 0 saturated carbocycles. The molecule has 0 spiro atoms. The lowest BCUT2D eigenvalue weighted by Gasteiger charge is -2.20. The first-order valence-electron chi connectivity index (χ1n) is 6.32. The van der Waals surface area contributed by atoms with Crippen LogP contribution in [0.1, 0.15) is 4.88 Å². The van der Waals surface area contributed by atoms with Gasteiger partial charge < -0.3 is 9.84 Å². The van der Waals surface area contributed by atoms with E-state index in [9.17, 15) is 8.42 Å². The maximum absolute atomic E-state index is 12.6. The first kappa shape index (κ1) is 15.8. The van der Waals surface area contributed by atoms with Gasteiger partial charge in [0.05, 0.1) is 12.8 Å². The van der Waals surface area contributed by atoms with Crippen LogP contribution in [0.25, 0.3) is 0 Å². The van der Waals surface area contributed by atoms with Crippen LogP contribution in [0.15, 0.2) is 40.6 Å². The van der Waals surface area contributed by atoms with Crippen molar-refractivity contribution in [2.75, 3.05) is 25.1 Å². The van der Waals surface area contributed by atoms with Gasteiger partial charge in [0, 0.05) is 25.0 Å². The van der Waals surface area contributed by atoms with Crippen LogP contribution in [0.3, 0.4) is 0 Å². The molecule has 1 aromatic heterocycles. The first-order chi connectivity index (χ1) is 10.0. The maximum Gasteiger partial charge on any atom is 0.273 e. The van der Waals surface area contributed by atoms with Crippen molar-refractivity contribution in [3.05, 3.63) is 41.3 Å². The van der Waals surface area contributed by atoms with Gasteiger partial charge in [-0.2, -0.15) is 0 Å². The average molecular weight is 327 g/mol. The number of aliphatic hydroxyl groups is 1. The summed E-state index contributed by atoms with van der Waals surface area (Å²) < 4.78 is 31.9. The van der Waals surface area contributed by atoms with E-state index in [1.165, 1.54) is 29.8 Å². The van der Waals surface area contributed by atoms with Crippen LogP contribution < -0.4 is 9.04 Å². The molecule has 5 nitrogen and oxygen atoms in total. The molecule has 0 atom stereocenters. The second kappa shape index (κ2) is 6.46. The minimum absolute atomic E-state index is 0.00233. The van der Waals surface area contributed by atoms with Gasteiger partial charge >= 0.3 is 0 Å². The predicted octanol–water partition coefficient (Wildman–Crippen LogP) is 2.12. The molecule has 0 saturated heterocycles. The average Bonchev–Trinajstić information content (AvgIpc) is 2.96. The second-order valence-corrected chi connectivity index (χ2v) is 7.70. The minimum Gasteiger partial charge on any atom is -0.495 e. The summed E-state index contributed by atoms with van der Waals surface area (Å²) in [4.78, 5) is 0.838.